The van der Waals surface area contributed by atoms with E-state index in [1.807, 2.05) is 10.6 Å². The molecule has 1 N–H and O–H groups in total. The number of fused-ring (bicyclic) bond motifs is 1. The molecule has 0 saturated carbocycles. The molecule has 1 fully saturated rings. The average Bonchev–Trinajstić information content (AvgIpc) is 2.82. The van der Waals surface area contributed by atoms with Crippen LogP contribution in [0.4, 0.5) is 5.95 Å². The van der Waals surface area contributed by atoms with Crippen LogP contribution in [0.25, 0.3) is 11.2 Å². The maximum absolute atomic E-state index is 12.6. The van der Waals surface area contributed by atoms with Crippen LogP contribution in [-0.4, -0.2) is 32.2 Å². The second-order valence-electron chi connectivity index (χ2n) is 7.38. The summed E-state index contributed by atoms with van der Waals surface area (Å²) in [6.45, 7) is 4.44. The van der Waals surface area contributed by atoms with E-state index < -0.39 is 5.69 Å². The molecule has 2 aromatic heterocycles. The maximum Gasteiger partial charge on any atom is 0.329 e. The zero-order valence-electron chi connectivity index (χ0n) is 15.9. The minimum absolute atomic E-state index is 0.380. The molecular weight excluding hydrogens is 342 g/mol. The molecule has 0 unspecified atom stereocenters. The first-order chi connectivity index (χ1) is 13.0. The molecule has 1 aliphatic rings. The van der Waals surface area contributed by atoms with E-state index in [2.05, 4.69) is 35.0 Å². The van der Waals surface area contributed by atoms with E-state index in [9.17, 15) is 9.59 Å². The molecule has 27 heavy (non-hydrogen) atoms. The van der Waals surface area contributed by atoms with Crippen LogP contribution < -0.4 is 16.1 Å². The lowest BCUT2D eigenvalue weighted by Gasteiger charge is -2.22. The summed E-state index contributed by atoms with van der Waals surface area (Å²) >= 11 is 0. The van der Waals surface area contributed by atoms with Gasteiger partial charge in [0.2, 0.25) is 5.95 Å². The van der Waals surface area contributed by atoms with Gasteiger partial charge in [-0.25, -0.2) is 4.79 Å². The number of H-pyrrole nitrogens is 1. The second-order valence-corrected chi connectivity index (χ2v) is 7.38. The average molecular weight is 367 g/mol. The first-order valence-corrected chi connectivity index (χ1v) is 9.54. The number of anilines is 1. The van der Waals surface area contributed by atoms with Crippen LogP contribution in [-0.2, 0) is 13.6 Å². The minimum Gasteiger partial charge on any atom is -0.342 e. The molecule has 7 nitrogen and oxygen atoms in total. The Morgan fingerprint density at radius 3 is 2.56 bits per heavy atom. The Morgan fingerprint density at radius 1 is 1.11 bits per heavy atom. The summed E-state index contributed by atoms with van der Waals surface area (Å²) in [7, 11) is 1.65. The van der Waals surface area contributed by atoms with Crippen LogP contribution in [0.15, 0.2) is 33.9 Å². The largest absolute Gasteiger partial charge is 0.342 e. The Labute approximate surface area is 157 Å². The Hall–Kier alpha value is -2.83. The third kappa shape index (κ3) is 3.29. The van der Waals surface area contributed by atoms with Gasteiger partial charge in [0, 0.05) is 20.1 Å². The standard InChI is InChI=1S/C20H25N5O2/c1-14-8-7-9-15(12-14)13-25-16-17(23(2)20(27)22-18(16)26)21-19(25)24-10-5-3-4-6-11-24/h7-9,12H,3-6,10-11,13H2,1-2H3,(H,22,26,27). The minimum atomic E-state index is -0.435. The van der Waals surface area contributed by atoms with Crippen molar-refractivity contribution in [2.45, 2.75) is 39.2 Å². The number of nitrogens with zero attached hydrogens (tertiary/aromatic N) is 4. The van der Waals surface area contributed by atoms with E-state index in [0.29, 0.717) is 17.7 Å². The Bertz CT molecular complexity index is 1080. The lowest BCUT2D eigenvalue weighted by atomic mass is 10.1. The number of hydrogen-bond donors (Lipinski definition) is 1. The molecule has 0 bridgehead atoms. The number of aromatic nitrogens is 4. The molecule has 3 aromatic rings. The predicted molar refractivity (Wildman–Crippen MR) is 107 cm³/mol. The van der Waals surface area contributed by atoms with Crippen LogP contribution in [0.5, 0.6) is 0 Å². The first kappa shape index (κ1) is 17.6. The molecule has 4 rings (SSSR count). The van der Waals surface area contributed by atoms with Crippen LogP contribution in [0.1, 0.15) is 36.8 Å². The molecule has 0 aliphatic carbocycles. The molecule has 3 heterocycles. The van der Waals surface area contributed by atoms with Crippen molar-refractivity contribution in [2.24, 2.45) is 7.05 Å². The summed E-state index contributed by atoms with van der Waals surface area (Å²) in [4.78, 5) is 34.1. The molecule has 0 spiro atoms. The van der Waals surface area contributed by atoms with E-state index in [0.717, 1.165) is 37.4 Å². The molecule has 0 atom stereocenters. The Morgan fingerprint density at radius 2 is 1.85 bits per heavy atom. The number of aromatic amines is 1. The molecule has 142 valence electrons. The zero-order valence-corrected chi connectivity index (χ0v) is 15.9. The lowest BCUT2D eigenvalue weighted by Crippen LogP contribution is -2.30. The van der Waals surface area contributed by atoms with Gasteiger partial charge in [-0.05, 0) is 25.3 Å². The van der Waals surface area contributed by atoms with Crippen molar-refractivity contribution in [1.29, 1.82) is 0 Å². The summed E-state index contributed by atoms with van der Waals surface area (Å²) in [5, 5.41) is 0. The fourth-order valence-electron chi connectivity index (χ4n) is 3.88. The van der Waals surface area contributed by atoms with Crippen LogP contribution >= 0.6 is 0 Å². The predicted octanol–water partition coefficient (Wildman–Crippen LogP) is 2.16. The number of hydrogen-bond acceptors (Lipinski definition) is 4. The van der Waals surface area contributed by atoms with Crippen molar-refractivity contribution in [3.8, 4) is 0 Å². The Balaban J connectivity index is 1.92. The second kappa shape index (κ2) is 7.06. The number of benzene rings is 1. The summed E-state index contributed by atoms with van der Waals surface area (Å²) < 4.78 is 3.39. The van der Waals surface area contributed by atoms with E-state index in [1.54, 1.807) is 7.05 Å². The molecule has 0 amide bonds. The van der Waals surface area contributed by atoms with E-state index in [1.165, 1.54) is 23.0 Å². The van der Waals surface area contributed by atoms with E-state index in [4.69, 9.17) is 4.98 Å². The first-order valence-electron chi connectivity index (χ1n) is 9.54. The fourth-order valence-corrected chi connectivity index (χ4v) is 3.88. The fraction of sp³-hybridized carbons (Fsp3) is 0.450. The molecule has 0 radical (unpaired) electrons. The molecule has 1 saturated heterocycles. The molecule has 1 aromatic carbocycles. The number of aryl methyl sites for hydroxylation is 2. The molecule has 7 heteroatoms. The lowest BCUT2D eigenvalue weighted by molar-refractivity contribution is 0.715. The van der Waals surface area contributed by atoms with Gasteiger partial charge in [0.1, 0.15) is 0 Å². The van der Waals surface area contributed by atoms with Gasteiger partial charge in [-0.3, -0.25) is 18.9 Å². The highest BCUT2D eigenvalue weighted by atomic mass is 16.2. The summed E-state index contributed by atoms with van der Waals surface area (Å²) in [6.07, 6.45) is 4.66. The van der Waals surface area contributed by atoms with Crippen LogP contribution in [0, 0.1) is 6.92 Å². The van der Waals surface area contributed by atoms with Gasteiger partial charge in [0.15, 0.2) is 11.2 Å². The highest BCUT2D eigenvalue weighted by Crippen LogP contribution is 2.24. The summed E-state index contributed by atoms with van der Waals surface area (Å²) in [6, 6.07) is 8.26. The van der Waals surface area contributed by atoms with E-state index >= 15 is 0 Å². The van der Waals surface area contributed by atoms with Gasteiger partial charge >= 0.3 is 5.69 Å². The Kier molecular flexibility index (Phi) is 4.59. The number of nitrogens with one attached hydrogen (secondary N) is 1. The van der Waals surface area contributed by atoms with Crippen LogP contribution in [0.2, 0.25) is 0 Å². The molecular formula is C20H25N5O2. The van der Waals surface area contributed by atoms with Crippen LogP contribution in [0.3, 0.4) is 0 Å². The quantitative estimate of drug-likeness (QED) is 0.770. The van der Waals surface area contributed by atoms with Gasteiger partial charge in [-0.15, -0.1) is 0 Å². The third-order valence-electron chi connectivity index (χ3n) is 5.30. The maximum atomic E-state index is 12.6. The van der Waals surface area contributed by atoms with Gasteiger partial charge in [0.25, 0.3) is 5.56 Å². The zero-order chi connectivity index (χ0) is 19.0. The van der Waals surface area contributed by atoms with E-state index in [-0.39, 0.29) is 5.56 Å². The SMILES string of the molecule is Cc1cccc(Cn2c(N3CCCCCC3)nc3c2c(=O)[nH]c(=O)n3C)c1. The monoisotopic (exact) mass is 367 g/mol. The van der Waals surface area contributed by atoms with Gasteiger partial charge in [-0.1, -0.05) is 42.7 Å². The van der Waals surface area contributed by atoms with Gasteiger partial charge in [0.05, 0.1) is 6.54 Å². The van der Waals surface area contributed by atoms with Crippen molar-refractivity contribution in [3.05, 3.63) is 56.2 Å². The van der Waals surface area contributed by atoms with Crippen molar-refractivity contribution in [2.75, 3.05) is 18.0 Å². The molecule has 1 aliphatic heterocycles. The van der Waals surface area contributed by atoms with Gasteiger partial charge in [-0.2, -0.15) is 4.98 Å². The number of rotatable bonds is 3. The van der Waals surface area contributed by atoms with Crippen molar-refractivity contribution in [1.82, 2.24) is 19.1 Å². The third-order valence-corrected chi connectivity index (χ3v) is 5.30. The topological polar surface area (TPSA) is 75.9 Å². The number of imidazole rings is 1. The smallest absolute Gasteiger partial charge is 0.329 e. The normalized spacial score (nSPS) is 15.3. The summed E-state index contributed by atoms with van der Waals surface area (Å²) in [5.41, 5.74) is 2.37. The van der Waals surface area contributed by atoms with Gasteiger partial charge < -0.3 is 4.90 Å². The van der Waals surface area contributed by atoms with Crippen molar-refractivity contribution in [3.63, 3.8) is 0 Å². The summed E-state index contributed by atoms with van der Waals surface area (Å²) in [5.74, 6) is 0.778. The van der Waals surface area contributed by atoms with Crippen molar-refractivity contribution >= 4 is 17.1 Å². The highest BCUT2D eigenvalue weighted by molar-refractivity contribution is 5.74. The van der Waals surface area contributed by atoms with Crippen molar-refractivity contribution < 1.29 is 0 Å². The highest BCUT2D eigenvalue weighted by Gasteiger charge is 2.22.